The molecular weight excluding hydrogens is 382 g/mol. The maximum atomic E-state index is 12.4. The maximum Gasteiger partial charge on any atom is 0.332 e. The Kier molecular flexibility index (Phi) is 5.33. The van der Waals surface area contributed by atoms with Crippen LogP contribution >= 0.6 is 0 Å². The number of imidazole rings is 1. The van der Waals surface area contributed by atoms with Crippen LogP contribution in [0.4, 0.5) is 0 Å². The highest BCUT2D eigenvalue weighted by Gasteiger charge is 2.17. The minimum atomic E-state index is -0.397. The quantitative estimate of drug-likeness (QED) is 0.448. The van der Waals surface area contributed by atoms with E-state index in [1.165, 1.54) is 17.2 Å². The second-order valence-electron chi connectivity index (χ2n) is 7.32. The van der Waals surface area contributed by atoms with Crippen LogP contribution in [0.1, 0.15) is 17.0 Å². The van der Waals surface area contributed by atoms with Crippen molar-refractivity contribution in [2.45, 2.75) is 19.8 Å². The molecule has 8 heteroatoms. The zero-order valence-corrected chi connectivity index (χ0v) is 17.3. The van der Waals surface area contributed by atoms with E-state index >= 15 is 0 Å². The van der Waals surface area contributed by atoms with Gasteiger partial charge in [-0.3, -0.25) is 13.9 Å². The second-order valence-corrected chi connectivity index (χ2v) is 7.32. The molecule has 30 heavy (non-hydrogen) atoms. The summed E-state index contributed by atoms with van der Waals surface area (Å²) < 4.78 is 12.1. The van der Waals surface area contributed by atoms with Gasteiger partial charge in [-0.1, -0.05) is 30.3 Å². The van der Waals surface area contributed by atoms with Gasteiger partial charge in [0.15, 0.2) is 30.1 Å². The van der Waals surface area contributed by atoms with Crippen LogP contribution < -0.4 is 15.8 Å². The van der Waals surface area contributed by atoms with Gasteiger partial charge in [-0.05, 0) is 5.56 Å². The van der Waals surface area contributed by atoms with Crippen molar-refractivity contribution in [1.82, 2.24) is 18.7 Å². The first-order valence-corrected chi connectivity index (χ1v) is 9.66. The number of rotatable bonds is 6. The largest absolute Gasteiger partial charge is 0.369 e. The van der Waals surface area contributed by atoms with Crippen LogP contribution in [-0.4, -0.2) is 18.7 Å². The molecule has 0 N–H and O–H groups in total. The van der Waals surface area contributed by atoms with Crippen LogP contribution in [0.25, 0.3) is 11.2 Å². The third kappa shape index (κ3) is 3.69. The van der Waals surface area contributed by atoms with Crippen LogP contribution in [0.5, 0.6) is 0 Å². The Labute approximate surface area is 173 Å². The highest BCUT2D eigenvalue weighted by Crippen LogP contribution is 2.11. The van der Waals surface area contributed by atoms with Gasteiger partial charge < -0.3 is 9.30 Å². The van der Waals surface area contributed by atoms with Crippen molar-refractivity contribution in [3.63, 3.8) is 0 Å². The number of fused-ring (bicyclic) bond motifs is 1. The maximum absolute atomic E-state index is 12.4. The van der Waals surface area contributed by atoms with Gasteiger partial charge in [0.05, 0.1) is 6.61 Å². The highest BCUT2D eigenvalue weighted by molar-refractivity contribution is 5.70. The molecule has 0 amide bonds. The first kappa shape index (κ1) is 19.8. The Morgan fingerprint density at radius 1 is 0.867 bits per heavy atom. The van der Waals surface area contributed by atoms with Crippen LogP contribution in [0.15, 0.2) is 64.4 Å². The van der Waals surface area contributed by atoms with Gasteiger partial charge in [0, 0.05) is 38.8 Å². The number of ether oxygens (including phenoxy) is 1. The second kappa shape index (κ2) is 8.08. The average Bonchev–Trinajstić information content (AvgIpc) is 3.09. The molecule has 0 unspecified atom stereocenters. The summed E-state index contributed by atoms with van der Waals surface area (Å²) in [6.07, 6.45) is 4.06. The molecule has 154 valence electrons. The highest BCUT2D eigenvalue weighted by atomic mass is 16.5. The molecule has 0 saturated carbocycles. The fourth-order valence-corrected chi connectivity index (χ4v) is 3.44. The number of nitrogens with zero attached hydrogens (tertiary/aromatic N) is 5. The van der Waals surface area contributed by atoms with Gasteiger partial charge in [0.25, 0.3) is 5.56 Å². The molecule has 0 aliphatic heterocycles. The standard InChI is InChI=1S/C22H24N5O3/c1-24-18(23-20-19(24)21(28)26(3)22(29)25(20)2)15-30-14-17-9-11-27(12-10-17)13-16-7-5-4-6-8-16/h4-12H,13-15H2,1-3H3/q+1. The molecule has 0 fully saturated rings. The lowest BCUT2D eigenvalue weighted by molar-refractivity contribution is -0.688. The summed E-state index contributed by atoms with van der Waals surface area (Å²) in [5.74, 6) is 0.596. The number of aryl methyl sites for hydroxylation is 2. The minimum Gasteiger partial charge on any atom is -0.369 e. The molecule has 8 nitrogen and oxygen atoms in total. The molecule has 0 atom stereocenters. The fourth-order valence-electron chi connectivity index (χ4n) is 3.44. The monoisotopic (exact) mass is 406 g/mol. The number of benzene rings is 1. The minimum absolute atomic E-state index is 0.238. The smallest absolute Gasteiger partial charge is 0.332 e. The third-order valence-corrected chi connectivity index (χ3v) is 5.24. The van der Waals surface area contributed by atoms with Crippen molar-refractivity contribution in [2.75, 3.05) is 0 Å². The van der Waals surface area contributed by atoms with E-state index < -0.39 is 5.69 Å². The predicted octanol–water partition coefficient (Wildman–Crippen LogP) is 1.02. The van der Waals surface area contributed by atoms with Crippen molar-refractivity contribution in [2.24, 2.45) is 21.1 Å². The van der Waals surface area contributed by atoms with Crippen molar-refractivity contribution in [1.29, 1.82) is 0 Å². The zero-order valence-electron chi connectivity index (χ0n) is 17.3. The summed E-state index contributed by atoms with van der Waals surface area (Å²) in [5.41, 5.74) is 2.28. The Bertz CT molecular complexity index is 1300. The Hall–Kier alpha value is -3.52. The lowest BCUT2D eigenvalue weighted by Crippen LogP contribution is -2.37. The van der Waals surface area contributed by atoms with E-state index in [1.807, 2.05) is 42.7 Å². The zero-order chi connectivity index (χ0) is 21.3. The molecule has 0 aliphatic carbocycles. The summed E-state index contributed by atoms with van der Waals surface area (Å²) in [6.45, 7) is 1.48. The van der Waals surface area contributed by atoms with E-state index in [0.717, 1.165) is 16.7 Å². The van der Waals surface area contributed by atoms with Crippen LogP contribution in [0.3, 0.4) is 0 Å². The normalized spacial score (nSPS) is 11.3. The molecule has 0 spiro atoms. The van der Waals surface area contributed by atoms with E-state index in [4.69, 9.17) is 4.74 Å². The Balaban J connectivity index is 1.44. The summed E-state index contributed by atoms with van der Waals surface area (Å²) in [6, 6.07) is 14.3. The summed E-state index contributed by atoms with van der Waals surface area (Å²) >= 11 is 0. The molecule has 0 aliphatic rings. The molecule has 1 aromatic carbocycles. The van der Waals surface area contributed by atoms with Crippen molar-refractivity contribution in [3.05, 3.63) is 92.6 Å². The van der Waals surface area contributed by atoms with Gasteiger partial charge >= 0.3 is 5.69 Å². The summed E-state index contributed by atoms with van der Waals surface area (Å²) in [7, 11) is 4.83. The summed E-state index contributed by atoms with van der Waals surface area (Å²) in [4.78, 5) is 29.0. The van der Waals surface area contributed by atoms with Gasteiger partial charge in [0.1, 0.15) is 12.4 Å². The molecule has 0 saturated heterocycles. The van der Waals surface area contributed by atoms with Gasteiger partial charge in [-0.2, -0.15) is 0 Å². The third-order valence-electron chi connectivity index (χ3n) is 5.24. The molecule has 4 rings (SSSR count). The van der Waals surface area contributed by atoms with Gasteiger partial charge in [-0.15, -0.1) is 0 Å². The number of hydrogen-bond acceptors (Lipinski definition) is 4. The molecule has 0 radical (unpaired) electrons. The first-order chi connectivity index (χ1) is 14.5. The van der Waals surface area contributed by atoms with Gasteiger partial charge in [0.2, 0.25) is 0 Å². The SMILES string of the molecule is Cn1c(=O)c2c(nc(COCc3cc[n+](Cc4ccccc4)cc3)n2C)n(C)c1=O. The molecular formula is C22H24N5O3+. The van der Waals surface area contributed by atoms with Crippen molar-refractivity contribution >= 4 is 11.2 Å². The Morgan fingerprint density at radius 3 is 2.27 bits per heavy atom. The summed E-state index contributed by atoms with van der Waals surface area (Å²) in [5, 5.41) is 0. The van der Waals surface area contributed by atoms with E-state index in [2.05, 4.69) is 21.7 Å². The number of pyridine rings is 1. The number of hydrogen-bond donors (Lipinski definition) is 0. The molecule has 3 aromatic heterocycles. The van der Waals surface area contributed by atoms with E-state index in [0.29, 0.717) is 23.6 Å². The van der Waals surface area contributed by atoms with E-state index in [-0.39, 0.29) is 12.2 Å². The van der Waals surface area contributed by atoms with E-state index in [9.17, 15) is 9.59 Å². The van der Waals surface area contributed by atoms with Crippen LogP contribution in [0, 0.1) is 0 Å². The van der Waals surface area contributed by atoms with Crippen molar-refractivity contribution in [3.8, 4) is 0 Å². The lowest BCUT2D eigenvalue weighted by atomic mass is 10.2. The molecule has 3 heterocycles. The molecule has 0 bridgehead atoms. The number of aromatic nitrogens is 5. The average molecular weight is 406 g/mol. The first-order valence-electron chi connectivity index (χ1n) is 9.66. The van der Waals surface area contributed by atoms with Crippen molar-refractivity contribution < 1.29 is 9.30 Å². The molecule has 4 aromatic rings. The fraction of sp³-hybridized carbons (Fsp3) is 0.273. The predicted molar refractivity (Wildman–Crippen MR) is 112 cm³/mol. The van der Waals surface area contributed by atoms with Crippen LogP contribution in [0.2, 0.25) is 0 Å². The Morgan fingerprint density at radius 2 is 1.57 bits per heavy atom. The van der Waals surface area contributed by atoms with Gasteiger partial charge in [-0.25, -0.2) is 14.3 Å². The van der Waals surface area contributed by atoms with E-state index in [1.54, 1.807) is 18.7 Å². The van der Waals surface area contributed by atoms with Crippen LogP contribution in [-0.2, 0) is 45.6 Å². The lowest BCUT2D eigenvalue weighted by Gasteiger charge is -2.05. The topological polar surface area (TPSA) is 74.9 Å².